The van der Waals surface area contributed by atoms with Crippen LogP contribution in [0.2, 0.25) is 0 Å². The molecular formula is C27H29N5O3. The molecule has 1 fully saturated rings. The SMILES string of the molecule is COC(=O)CNc1c(-c2ccc3ccccc3c2)nc2c(C(=O)NC3CCC(N)CC3)cccn12. The van der Waals surface area contributed by atoms with Crippen LogP contribution in [0.1, 0.15) is 36.0 Å². The molecule has 1 aliphatic carbocycles. The fourth-order valence-electron chi connectivity index (χ4n) is 4.71. The van der Waals surface area contributed by atoms with Crippen molar-refractivity contribution in [1.82, 2.24) is 14.7 Å². The van der Waals surface area contributed by atoms with Gasteiger partial charge in [0.2, 0.25) is 0 Å². The fourth-order valence-corrected chi connectivity index (χ4v) is 4.71. The number of rotatable bonds is 6. The lowest BCUT2D eigenvalue weighted by Gasteiger charge is -2.26. The van der Waals surface area contributed by atoms with Crippen molar-refractivity contribution < 1.29 is 14.3 Å². The molecule has 0 aliphatic heterocycles. The summed E-state index contributed by atoms with van der Waals surface area (Å²) in [6, 6.07) is 18.1. The number of nitrogens with one attached hydrogen (secondary N) is 2. The molecule has 5 rings (SSSR count). The zero-order valence-electron chi connectivity index (χ0n) is 19.7. The molecule has 0 unspecified atom stereocenters. The smallest absolute Gasteiger partial charge is 0.325 e. The Labute approximate surface area is 203 Å². The summed E-state index contributed by atoms with van der Waals surface area (Å²) in [7, 11) is 1.35. The number of carbonyl (C=O) groups excluding carboxylic acids is 2. The van der Waals surface area contributed by atoms with Crippen LogP contribution in [0, 0.1) is 0 Å². The van der Waals surface area contributed by atoms with Gasteiger partial charge in [0.25, 0.3) is 5.91 Å². The van der Waals surface area contributed by atoms with Crippen molar-refractivity contribution in [1.29, 1.82) is 0 Å². The fraction of sp³-hybridized carbons (Fsp3) is 0.296. The van der Waals surface area contributed by atoms with Crippen molar-refractivity contribution in [2.75, 3.05) is 19.0 Å². The van der Waals surface area contributed by atoms with E-state index in [2.05, 4.69) is 22.8 Å². The van der Waals surface area contributed by atoms with Crippen LogP contribution in [0.25, 0.3) is 27.7 Å². The van der Waals surface area contributed by atoms with E-state index in [1.54, 1.807) is 6.07 Å². The zero-order valence-corrected chi connectivity index (χ0v) is 19.7. The van der Waals surface area contributed by atoms with Crippen LogP contribution < -0.4 is 16.4 Å². The van der Waals surface area contributed by atoms with E-state index in [0.717, 1.165) is 42.0 Å². The predicted molar refractivity (Wildman–Crippen MR) is 136 cm³/mol. The quantitative estimate of drug-likeness (QED) is 0.370. The number of ether oxygens (including phenoxy) is 1. The summed E-state index contributed by atoms with van der Waals surface area (Å²) in [6.45, 7) is -0.0242. The van der Waals surface area contributed by atoms with Gasteiger partial charge >= 0.3 is 5.97 Å². The van der Waals surface area contributed by atoms with Crippen molar-refractivity contribution in [3.05, 3.63) is 66.4 Å². The van der Waals surface area contributed by atoms with Crippen LogP contribution in [-0.4, -0.2) is 47.0 Å². The van der Waals surface area contributed by atoms with Gasteiger partial charge in [-0.3, -0.25) is 14.0 Å². The molecule has 2 aromatic carbocycles. The van der Waals surface area contributed by atoms with Gasteiger partial charge in [-0.05, 0) is 54.7 Å². The summed E-state index contributed by atoms with van der Waals surface area (Å²) in [5.41, 5.74) is 8.56. The number of methoxy groups -OCH3 is 1. The number of benzene rings is 2. The number of nitrogens with zero attached hydrogens (tertiary/aromatic N) is 2. The van der Waals surface area contributed by atoms with Crippen LogP contribution >= 0.6 is 0 Å². The highest BCUT2D eigenvalue weighted by atomic mass is 16.5. The minimum atomic E-state index is -0.395. The average molecular weight is 472 g/mol. The minimum Gasteiger partial charge on any atom is -0.468 e. The first kappa shape index (κ1) is 22.9. The van der Waals surface area contributed by atoms with E-state index >= 15 is 0 Å². The number of fused-ring (bicyclic) bond motifs is 2. The number of carbonyl (C=O) groups is 2. The van der Waals surface area contributed by atoms with Gasteiger partial charge in [0.15, 0.2) is 5.65 Å². The largest absolute Gasteiger partial charge is 0.468 e. The summed E-state index contributed by atoms with van der Waals surface area (Å²) < 4.78 is 6.63. The molecule has 0 atom stereocenters. The Morgan fingerprint density at radius 3 is 2.60 bits per heavy atom. The lowest BCUT2D eigenvalue weighted by atomic mass is 9.91. The maximum Gasteiger partial charge on any atom is 0.325 e. The lowest BCUT2D eigenvalue weighted by molar-refractivity contribution is -0.138. The molecule has 8 heteroatoms. The third-order valence-corrected chi connectivity index (χ3v) is 6.65. The molecule has 1 aliphatic rings. The highest BCUT2D eigenvalue weighted by Crippen LogP contribution is 2.32. The molecule has 2 aromatic heterocycles. The highest BCUT2D eigenvalue weighted by molar-refractivity contribution is 6.01. The monoisotopic (exact) mass is 471 g/mol. The molecule has 0 spiro atoms. The number of anilines is 1. The minimum absolute atomic E-state index is 0.0242. The maximum absolute atomic E-state index is 13.3. The average Bonchev–Trinajstić information content (AvgIpc) is 3.26. The molecule has 0 saturated heterocycles. The Kier molecular flexibility index (Phi) is 6.37. The third kappa shape index (κ3) is 4.70. The van der Waals surface area contributed by atoms with Gasteiger partial charge in [-0.1, -0.05) is 36.4 Å². The molecule has 0 bridgehead atoms. The predicted octanol–water partition coefficient (Wildman–Crippen LogP) is 3.74. The molecule has 180 valence electrons. The van der Waals surface area contributed by atoms with Gasteiger partial charge < -0.3 is 21.1 Å². The molecule has 2 heterocycles. The van der Waals surface area contributed by atoms with Gasteiger partial charge in [-0.25, -0.2) is 4.98 Å². The number of hydrogen-bond acceptors (Lipinski definition) is 6. The van der Waals surface area contributed by atoms with Crippen molar-refractivity contribution in [2.45, 2.75) is 37.8 Å². The van der Waals surface area contributed by atoms with E-state index in [-0.39, 0.29) is 24.5 Å². The standard InChI is InChI=1S/C27H29N5O3/c1-35-23(33)16-29-26-24(19-9-8-17-5-2-3-6-18(17)15-19)31-25-22(7-4-14-32(25)26)27(34)30-21-12-10-20(28)11-13-21/h2-9,14-15,20-21,29H,10-13,16,28H2,1H3,(H,30,34). The van der Waals surface area contributed by atoms with Gasteiger partial charge in [-0.15, -0.1) is 0 Å². The summed E-state index contributed by atoms with van der Waals surface area (Å²) in [4.78, 5) is 30.0. The van der Waals surface area contributed by atoms with Gasteiger partial charge in [-0.2, -0.15) is 0 Å². The second kappa shape index (κ2) is 9.76. The number of imidazole rings is 1. The summed E-state index contributed by atoms with van der Waals surface area (Å²) in [6.07, 6.45) is 5.40. The van der Waals surface area contributed by atoms with Crippen molar-refractivity contribution in [2.24, 2.45) is 5.73 Å². The second-order valence-corrected chi connectivity index (χ2v) is 9.00. The van der Waals surface area contributed by atoms with Crippen molar-refractivity contribution in [3.8, 4) is 11.3 Å². The van der Waals surface area contributed by atoms with Crippen molar-refractivity contribution in [3.63, 3.8) is 0 Å². The van der Waals surface area contributed by atoms with Crippen LogP contribution in [0.4, 0.5) is 5.82 Å². The molecule has 4 aromatic rings. The number of pyridine rings is 1. The normalized spacial score (nSPS) is 17.9. The second-order valence-electron chi connectivity index (χ2n) is 9.00. The maximum atomic E-state index is 13.3. The highest BCUT2D eigenvalue weighted by Gasteiger charge is 2.24. The first-order valence-corrected chi connectivity index (χ1v) is 11.9. The summed E-state index contributed by atoms with van der Waals surface area (Å²) in [5.74, 6) is 0.0680. The zero-order chi connectivity index (χ0) is 24.4. The lowest BCUT2D eigenvalue weighted by Crippen LogP contribution is -2.40. The van der Waals surface area contributed by atoms with E-state index in [0.29, 0.717) is 22.7 Å². The summed E-state index contributed by atoms with van der Waals surface area (Å²) in [5, 5.41) is 8.52. The van der Waals surface area contributed by atoms with Gasteiger partial charge in [0.1, 0.15) is 18.1 Å². The van der Waals surface area contributed by atoms with E-state index in [4.69, 9.17) is 15.5 Å². The summed E-state index contributed by atoms with van der Waals surface area (Å²) >= 11 is 0. The van der Waals surface area contributed by atoms with Crippen LogP contribution in [-0.2, 0) is 9.53 Å². The molecule has 1 amide bonds. The molecule has 35 heavy (non-hydrogen) atoms. The number of amides is 1. The Morgan fingerprint density at radius 1 is 1.06 bits per heavy atom. The molecule has 0 radical (unpaired) electrons. The first-order chi connectivity index (χ1) is 17.0. The number of aromatic nitrogens is 2. The van der Waals surface area contributed by atoms with Gasteiger partial charge in [0, 0.05) is 23.8 Å². The van der Waals surface area contributed by atoms with E-state index in [9.17, 15) is 9.59 Å². The first-order valence-electron chi connectivity index (χ1n) is 11.9. The Hall–Kier alpha value is -3.91. The van der Waals surface area contributed by atoms with Gasteiger partial charge in [0.05, 0.1) is 12.7 Å². The Morgan fingerprint density at radius 2 is 1.83 bits per heavy atom. The number of esters is 1. The Bertz CT molecular complexity index is 1390. The third-order valence-electron chi connectivity index (χ3n) is 6.65. The van der Waals surface area contributed by atoms with Crippen LogP contribution in [0.3, 0.4) is 0 Å². The topological polar surface area (TPSA) is 111 Å². The molecule has 4 N–H and O–H groups in total. The molecule has 8 nitrogen and oxygen atoms in total. The Balaban J connectivity index is 1.56. The molecule has 1 saturated carbocycles. The van der Waals surface area contributed by atoms with E-state index in [1.165, 1.54) is 7.11 Å². The van der Waals surface area contributed by atoms with Crippen LogP contribution in [0.15, 0.2) is 60.8 Å². The van der Waals surface area contributed by atoms with E-state index in [1.807, 2.05) is 47.0 Å². The van der Waals surface area contributed by atoms with E-state index < -0.39 is 5.97 Å². The molecular weight excluding hydrogens is 442 g/mol. The number of nitrogens with two attached hydrogens (primary N) is 1. The van der Waals surface area contributed by atoms with Crippen molar-refractivity contribution >= 4 is 34.1 Å². The van der Waals surface area contributed by atoms with Crippen LogP contribution in [0.5, 0.6) is 0 Å². The number of hydrogen-bond donors (Lipinski definition) is 3.